The summed E-state index contributed by atoms with van der Waals surface area (Å²) in [5.41, 5.74) is 5.80. The molecule has 46 heavy (non-hydrogen) atoms. The van der Waals surface area contributed by atoms with Crippen LogP contribution in [0.2, 0.25) is 0 Å². The number of rotatable bonds is 7. The molecule has 7 heterocycles. The molecular formula is C36H40N8O2. The fraction of sp³-hybridized carbons (Fsp3) is 0.333. The molecule has 0 amide bonds. The van der Waals surface area contributed by atoms with Crippen LogP contribution in [0.4, 0.5) is 11.6 Å². The predicted octanol–water partition coefficient (Wildman–Crippen LogP) is 5.72. The highest BCUT2D eigenvalue weighted by molar-refractivity contribution is 5.79. The molecule has 1 saturated carbocycles. The number of nitrogens with one attached hydrogen (secondary N) is 1. The van der Waals surface area contributed by atoms with E-state index in [1.165, 1.54) is 0 Å². The van der Waals surface area contributed by atoms with Crippen molar-refractivity contribution in [2.24, 2.45) is 5.92 Å². The number of pyridine rings is 4. The van der Waals surface area contributed by atoms with E-state index in [-0.39, 0.29) is 12.1 Å². The molecule has 3 N–H and O–H groups in total. The minimum absolute atomic E-state index is 0.148. The maximum atomic E-state index is 9.77. The molecule has 0 bridgehead atoms. The standard InChI is InChI=1S/2C18H20N4O/c23-13-18(9-2-3-10-18)21-17-8-5-6-15(20-17)14-12-19-22-11-4-1-7-16(14)22;23-13-14-7-10-21(11-8-14)18-6-3-4-16(20-18)15-12-19-22-9-2-1-5-17(15)22/h1,4-8,11-12,23H,2-3,9-10,13H2,(H,20,21);1-6,9,12,14,23H,7-8,10-11,13H2. The number of hydrogen-bond acceptors (Lipinski definition) is 8. The molecule has 2 aliphatic rings. The van der Waals surface area contributed by atoms with Gasteiger partial charge in [0.2, 0.25) is 0 Å². The van der Waals surface area contributed by atoms with E-state index in [1.807, 2.05) is 88.4 Å². The second kappa shape index (κ2) is 13.3. The second-order valence-electron chi connectivity index (χ2n) is 12.4. The molecule has 1 aliphatic heterocycles. The highest BCUT2D eigenvalue weighted by atomic mass is 16.3. The van der Waals surface area contributed by atoms with Crippen LogP contribution in [0.1, 0.15) is 38.5 Å². The topological polar surface area (TPSA) is 116 Å². The fourth-order valence-electron chi connectivity index (χ4n) is 6.66. The van der Waals surface area contributed by atoms with E-state index in [2.05, 4.69) is 38.6 Å². The molecule has 1 aliphatic carbocycles. The Morgan fingerprint density at radius 3 is 1.93 bits per heavy atom. The van der Waals surface area contributed by atoms with E-state index in [9.17, 15) is 10.2 Å². The summed E-state index contributed by atoms with van der Waals surface area (Å²) < 4.78 is 3.72. The minimum Gasteiger partial charge on any atom is -0.396 e. The van der Waals surface area contributed by atoms with Crippen molar-refractivity contribution in [3.8, 4) is 22.5 Å². The van der Waals surface area contributed by atoms with Crippen LogP contribution in [-0.4, -0.2) is 71.3 Å². The molecule has 10 heteroatoms. The maximum absolute atomic E-state index is 9.77. The summed E-state index contributed by atoms with van der Waals surface area (Å²) >= 11 is 0. The van der Waals surface area contributed by atoms with Crippen LogP contribution in [0, 0.1) is 5.92 Å². The van der Waals surface area contributed by atoms with Gasteiger partial charge < -0.3 is 20.4 Å². The maximum Gasteiger partial charge on any atom is 0.129 e. The largest absolute Gasteiger partial charge is 0.396 e. The van der Waals surface area contributed by atoms with Gasteiger partial charge >= 0.3 is 0 Å². The highest BCUT2D eigenvalue weighted by Gasteiger charge is 2.33. The monoisotopic (exact) mass is 616 g/mol. The number of nitrogens with zero attached hydrogens (tertiary/aromatic N) is 7. The Labute approximate surface area is 268 Å². The van der Waals surface area contributed by atoms with Crippen molar-refractivity contribution in [2.45, 2.75) is 44.1 Å². The van der Waals surface area contributed by atoms with E-state index >= 15 is 0 Å². The van der Waals surface area contributed by atoms with Crippen LogP contribution in [0.15, 0.2) is 97.6 Å². The Kier molecular flexibility index (Phi) is 8.63. The van der Waals surface area contributed by atoms with E-state index in [0.29, 0.717) is 12.5 Å². The van der Waals surface area contributed by atoms with Crippen molar-refractivity contribution < 1.29 is 10.2 Å². The van der Waals surface area contributed by atoms with Crippen molar-refractivity contribution in [3.05, 3.63) is 97.6 Å². The van der Waals surface area contributed by atoms with Crippen LogP contribution < -0.4 is 10.2 Å². The van der Waals surface area contributed by atoms with Gasteiger partial charge in [-0.2, -0.15) is 10.2 Å². The zero-order valence-electron chi connectivity index (χ0n) is 25.9. The molecule has 236 valence electrons. The third-order valence-electron chi connectivity index (χ3n) is 9.34. The number of hydrogen-bond donors (Lipinski definition) is 3. The van der Waals surface area contributed by atoms with Crippen LogP contribution in [0.5, 0.6) is 0 Å². The van der Waals surface area contributed by atoms with Gasteiger partial charge in [-0.25, -0.2) is 19.0 Å². The number of piperidine rings is 1. The first-order valence-electron chi connectivity index (χ1n) is 16.2. The van der Waals surface area contributed by atoms with Gasteiger partial charge in [0.1, 0.15) is 11.6 Å². The predicted molar refractivity (Wildman–Crippen MR) is 181 cm³/mol. The zero-order chi connectivity index (χ0) is 31.3. The summed E-state index contributed by atoms with van der Waals surface area (Å²) in [5.74, 6) is 2.26. The van der Waals surface area contributed by atoms with Crippen molar-refractivity contribution in [1.82, 2.24) is 29.2 Å². The number of anilines is 2. The van der Waals surface area contributed by atoms with Gasteiger partial charge in [-0.1, -0.05) is 37.1 Å². The average Bonchev–Trinajstić information content (AvgIpc) is 3.88. The van der Waals surface area contributed by atoms with E-state index in [0.717, 1.165) is 96.8 Å². The van der Waals surface area contributed by atoms with Crippen molar-refractivity contribution >= 4 is 22.7 Å². The lowest BCUT2D eigenvalue weighted by Gasteiger charge is -2.32. The van der Waals surface area contributed by atoms with Crippen LogP contribution in [-0.2, 0) is 0 Å². The molecule has 8 rings (SSSR count). The van der Waals surface area contributed by atoms with Crippen LogP contribution in [0.3, 0.4) is 0 Å². The zero-order valence-corrected chi connectivity index (χ0v) is 25.9. The first-order chi connectivity index (χ1) is 22.6. The summed E-state index contributed by atoms with van der Waals surface area (Å²) in [7, 11) is 0. The smallest absolute Gasteiger partial charge is 0.129 e. The molecular weight excluding hydrogens is 576 g/mol. The SMILES string of the molecule is OCC1(Nc2cccc(-c3cnn4ccccc34)n2)CCCC1.OCC1CCN(c2cccc(-c3cnn4ccccc34)n2)CC1. The summed E-state index contributed by atoms with van der Waals surface area (Å²) in [4.78, 5) is 11.9. The van der Waals surface area contributed by atoms with Gasteiger partial charge in [0.25, 0.3) is 0 Å². The minimum atomic E-state index is -0.216. The molecule has 2 fully saturated rings. The van der Waals surface area contributed by atoms with Gasteiger partial charge in [-0.3, -0.25) is 0 Å². The number of aromatic nitrogens is 6. The Balaban J connectivity index is 0.000000147. The molecule has 0 unspecified atom stereocenters. The molecule has 6 aromatic heterocycles. The third kappa shape index (κ3) is 6.18. The second-order valence-corrected chi connectivity index (χ2v) is 12.4. The van der Waals surface area contributed by atoms with Crippen LogP contribution >= 0.6 is 0 Å². The molecule has 10 nitrogen and oxygen atoms in total. The van der Waals surface area contributed by atoms with Gasteiger partial charge in [0, 0.05) is 43.2 Å². The highest BCUT2D eigenvalue weighted by Crippen LogP contribution is 2.33. The van der Waals surface area contributed by atoms with Crippen LogP contribution in [0.25, 0.3) is 33.5 Å². The van der Waals surface area contributed by atoms with E-state index < -0.39 is 0 Å². The van der Waals surface area contributed by atoms with Gasteiger partial charge in [-0.05, 0) is 80.1 Å². The quantitative estimate of drug-likeness (QED) is 0.209. The normalized spacial score (nSPS) is 16.4. The lowest BCUT2D eigenvalue weighted by molar-refractivity contribution is 0.203. The van der Waals surface area contributed by atoms with Gasteiger partial charge in [-0.15, -0.1) is 0 Å². The lowest BCUT2D eigenvalue weighted by atomic mass is 9.98. The van der Waals surface area contributed by atoms with Crippen molar-refractivity contribution in [1.29, 1.82) is 0 Å². The third-order valence-corrected chi connectivity index (χ3v) is 9.34. The number of aliphatic hydroxyl groups excluding tert-OH is 2. The Bertz CT molecular complexity index is 1900. The Morgan fingerprint density at radius 2 is 1.33 bits per heavy atom. The number of aliphatic hydroxyl groups is 2. The molecule has 1 saturated heterocycles. The summed E-state index contributed by atoms with van der Waals surface area (Å²) in [6.45, 7) is 2.35. The van der Waals surface area contributed by atoms with Crippen molar-refractivity contribution in [2.75, 3.05) is 36.5 Å². The Hall–Kier alpha value is -4.80. The fourth-order valence-corrected chi connectivity index (χ4v) is 6.66. The van der Waals surface area contributed by atoms with E-state index in [4.69, 9.17) is 9.97 Å². The summed E-state index contributed by atoms with van der Waals surface area (Å²) in [6.07, 6.45) is 13.9. The summed E-state index contributed by atoms with van der Waals surface area (Å²) in [5, 5.41) is 31.3. The summed E-state index contributed by atoms with van der Waals surface area (Å²) in [6, 6.07) is 24.2. The molecule has 0 radical (unpaired) electrons. The molecule has 0 spiro atoms. The number of fused-ring (bicyclic) bond motifs is 2. The van der Waals surface area contributed by atoms with Gasteiger partial charge in [0.15, 0.2) is 0 Å². The first kappa shape index (κ1) is 29.9. The average molecular weight is 617 g/mol. The molecule has 6 aromatic rings. The van der Waals surface area contributed by atoms with E-state index in [1.54, 1.807) is 0 Å². The lowest BCUT2D eigenvalue weighted by Crippen LogP contribution is -2.39. The van der Waals surface area contributed by atoms with Crippen molar-refractivity contribution in [3.63, 3.8) is 0 Å². The Morgan fingerprint density at radius 1 is 0.717 bits per heavy atom. The van der Waals surface area contributed by atoms with Gasteiger partial charge in [0.05, 0.1) is 47.0 Å². The first-order valence-corrected chi connectivity index (χ1v) is 16.2. The molecule has 0 atom stereocenters. The molecule has 0 aromatic carbocycles.